The summed E-state index contributed by atoms with van der Waals surface area (Å²) in [6.45, 7) is 14.3. The van der Waals surface area contributed by atoms with Crippen LogP contribution in [0.1, 0.15) is 91.2 Å². The highest BCUT2D eigenvalue weighted by molar-refractivity contribution is 5.74. The maximum Gasteiger partial charge on any atom is 0.224 e. The third-order valence-electron chi connectivity index (χ3n) is 19.5. The van der Waals surface area contributed by atoms with E-state index in [2.05, 4.69) is 87.8 Å². The standard InChI is InChI=1S/C68H117N17O27/c1-40-56(93)57(94)48(35-86)109-64(40)105-24-21-102-18-14-83-33-46(74-77-83)29-81(30-47-34-84(78-75-47)15-19-104-23-27-108-67-55(71-43(4)92)63(100)60(97)51(38-89)112-67)52(68(5,6)7)10-8-9-12-80(28-45-32-82(76-73-45)13-17-103-22-26-107-66-54(70-42(3)91)62(99)59(96)50(37-88)111-66)39-85-31-44(72-79-85)11-16-101-20-25-106-65-53(69-41(2)90)61(98)58(95)49(36-87)110-65/h31-34,40,44,48-67,86-89,93-100H,8-30,35-39H2,1-7H3,(H2-,69,70,71,90,91,92)/p+1/t40-,44?,48-,49-,50-,51-,52?,53-,54-,55-,56-,57+,58+,59+,60+,61-,62-,63-,64-,65-,66-,67-/m1/s1. The Morgan fingerprint density at radius 1 is 0.500 bits per heavy atom. The molecule has 5 aliphatic heterocycles. The summed E-state index contributed by atoms with van der Waals surface area (Å²) in [6, 6.07) is -3.69. The van der Waals surface area contributed by atoms with E-state index in [4.69, 9.17) is 56.8 Å². The van der Waals surface area contributed by atoms with Crippen LogP contribution in [0, 0.1) is 11.3 Å². The van der Waals surface area contributed by atoms with Crippen molar-refractivity contribution >= 4 is 23.9 Å². The Labute approximate surface area is 648 Å². The second-order valence-electron chi connectivity index (χ2n) is 29.3. The van der Waals surface area contributed by atoms with Crippen molar-refractivity contribution in [3.8, 4) is 0 Å². The number of carbonyl (C=O) groups excluding carboxylic acids is 3. The summed E-state index contributed by atoms with van der Waals surface area (Å²) in [7, 11) is 0. The SMILES string of the molecule is CC(=O)N[C@H]1[C@H](OCCOCCC2C=[N+](CN(CCCCC(N(Cc3cn(CCOCCO[C@@H]4O[C@H](CO)[C@H](O)[C@H](O)[C@H]4C)nn3)Cc3cn(CCOCCO[C@@H]4O[C@H](CO)[C@H](O)[C@H](O)[C@H]4NC(C)=O)nn3)C(C)(C)C)Cc3cn(CCOCCO[C@@H]4O[C@H](CO)[C@H](O)[C@H](O)[C@H]4NC(C)=O)nn3)N=N2)O[C@H](CO)[C@H](O)[C@@H]1O. The first-order valence-corrected chi connectivity index (χ1v) is 37.9. The number of nitrogens with zero attached hydrogens (tertiary/aromatic N) is 14. The number of ether oxygens (including phenoxy) is 12. The molecule has 3 aromatic heterocycles. The first kappa shape index (κ1) is 91.6. The third kappa shape index (κ3) is 27.9. The number of unbranched alkanes of at least 4 members (excludes halogenated alkanes) is 1. The molecule has 112 heavy (non-hydrogen) atoms. The number of aliphatic hydroxyl groups excluding tert-OH is 12. The van der Waals surface area contributed by atoms with Gasteiger partial charge in [0.1, 0.15) is 96.7 Å². The molecular formula is C68H118N17O27+. The molecule has 44 nitrogen and oxygen atoms in total. The molecule has 3 amide bonds. The van der Waals surface area contributed by atoms with E-state index < -0.39 is 167 Å². The third-order valence-corrected chi connectivity index (χ3v) is 19.5. The fourth-order valence-corrected chi connectivity index (χ4v) is 13.6. The van der Waals surface area contributed by atoms with Crippen LogP contribution in [-0.4, -0.2) is 392 Å². The van der Waals surface area contributed by atoms with Crippen LogP contribution in [0.5, 0.6) is 0 Å². The molecule has 8 heterocycles. The molecule has 0 radical (unpaired) electrons. The number of amides is 3. The van der Waals surface area contributed by atoms with Gasteiger partial charge in [-0.2, -0.15) is 0 Å². The number of aromatic nitrogens is 9. The highest BCUT2D eigenvalue weighted by Crippen LogP contribution is 2.33. The molecule has 44 heteroatoms. The summed E-state index contributed by atoms with van der Waals surface area (Å²) in [6.07, 6.45) is -9.76. The number of carbonyl (C=O) groups is 3. The topological polar surface area (TPSA) is 567 Å². The van der Waals surface area contributed by atoms with E-state index in [9.17, 15) is 75.7 Å². The number of aliphatic hydroxyl groups is 12. The Kier molecular flexibility index (Phi) is 37.7. The molecule has 0 saturated carbocycles. The minimum Gasteiger partial charge on any atom is -0.394 e. The van der Waals surface area contributed by atoms with Gasteiger partial charge in [-0.25, -0.2) is 14.0 Å². The fourth-order valence-electron chi connectivity index (χ4n) is 13.6. The molecule has 0 spiro atoms. The maximum atomic E-state index is 11.9. The Morgan fingerprint density at radius 2 is 0.866 bits per heavy atom. The molecule has 3 aromatic rings. The van der Waals surface area contributed by atoms with Crippen LogP contribution in [-0.2, 0) is 110 Å². The van der Waals surface area contributed by atoms with Crippen molar-refractivity contribution in [1.82, 2.24) is 70.7 Å². The van der Waals surface area contributed by atoms with Gasteiger partial charge in [-0.3, -0.25) is 24.2 Å². The zero-order chi connectivity index (χ0) is 81.0. The van der Waals surface area contributed by atoms with Crippen LogP contribution in [0.2, 0.25) is 0 Å². The molecule has 15 N–H and O–H groups in total. The molecule has 2 unspecified atom stereocenters. The van der Waals surface area contributed by atoms with Crippen LogP contribution >= 0.6 is 0 Å². The fraction of sp³-hybridized carbons (Fsp3) is 0.853. The molecule has 4 saturated heterocycles. The average Bonchev–Trinajstić information content (AvgIpc) is 1.17. The van der Waals surface area contributed by atoms with Gasteiger partial charge in [0, 0.05) is 89.0 Å². The van der Waals surface area contributed by atoms with Gasteiger partial charge in [-0.15, -0.1) is 20.0 Å². The highest BCUT2D eigenvalue weighted by Gasteiger charge is 2.49. The van der Waals surface area contributed by atoms with Crippen LogP contribution in [0.15, 0.2) is 28.9 Å². The molecule has 636 valence electrons. The van der Waals surface area contributed by atoms with Gasteiger partial charge in [0.15, 0.2) is 31.8 Å². The monoisotopic (exact) mass is 1600 g/mol. The van der Waals surface area contributed by atoms with E-state index >= 15 is 0 Å². The number of hydrogen-bond donors (Lipinski definition) is 15. The Balaban J connectivity index is 0.895. The average molecular weight is 1610 g/mol. The van der Waals surface area contributed by atoms with Gasteiger partial charge < -0.3 is 134 Å². The lowest BCUT2D eigenvalue weighted by molar-refractivity contribution is -0.553. The lowest BCUT2D eigenvalue weighted by Gasteiger charge is -2.42. The zero-order valence-electron chi connectivity index (χ0n) is 64.6. The summed E-state index contributed by atoms with van der Waals surface area (Å²) in [5, 5.41) is 166. The maximum absolute atomic E-state index is 11.9. The van der Waals surface area contributed by atoms with Crippen molar-refractivity contribution in [1.29, 1.82) is 0 Å². The minimum absolute atomic E-state index is 0.00112. The van der Waals surface area contributed by atoms with Crippen molar-refractivity contribution in [3.63, 3.8) is 0 Å². The number of nitrogens with one attached hydrogen (secondary N) is 3. The van der Waals surface area contributed by atoms with Gasteiger partial charge >= 0.3 is 0 Å². The van der Waals surface area contributed by atoms with E-state index in [0.29, 0.717) is 76.0 Å². The van der Waals surface area contributed by atoms with Gasteiger partial charge in [-0.05, 0) is 18.3 Å². The van der Waals surface area contributed by atoms with E-state index in [-0.39, 0.29) is 96.8 Å². The smallest absolute Gasteiger partial charge is 0.224 e. The van der Waals surface area contributed by atoms with Gasteiger partial charge in [-0.1, -0.05) is 49.8 Å². The zero-order valence-corrected chi connectivity index (χ0v) is 64.6. The van der Waals surface area contributed by atoms with Gasteiger partial charge in [0.25, 0.3) is 0 Å². The first-order valence-electron chi connectivity index (χ1n) is 37.9. The predicted molar refractivity (Wildman–Crippen MR) is 381 cm³/mol. The predicted octanol–water partition coefficient (Wildman–Crippen LogP) is -7.23. The molecule has 0 aliphatic carbocycles. The summed E-state index contributed by atoms with van der Waals surface area (Å²) in [4.78, 5) is 40.2. The molecule has 4 fully saturated rings. The molecule has 8 rings (SSSR count). The Bertz CT molecular complexity index is 3300. The molecular weight excluding hydrogens is 1490 g/mol. The number of rotatable bonds is 49. The number of hydrogen-bond acceptors (Lipinski definition) is 37. The largest absolute Gasteiger partial charge is 0.394 e. The van der Waals surface area contributed by atoms with E-state index in [1.165, 1.54) is 20.8 Å². The van der Waals surface area contributed by atoms with Crippen LogP contribution in [0.4, 0.5) is 0 Å². The van der Waals surface area contributed by atoms with E-state index in [1.54, 1.807) is 25.7 Å². The lowest BCUT2D eigenvalue weighted by atomic mass is 9.82. The molecule has 0 aromatic carbocycles. The second kappa shape index (κ2) is 46.1. The summed E-state index contributed by atoms with van der Waals surface area (Å²) >= 11 is 0. The Hall–Kier alpha value is -5.94. The van der Waals surface area contributed by atoms with E-state index in [0.717, 1.165) is 19.3 Å². The second-order valence-corrected chi connectivity index (χ2v) is 29.3. The highest BCUT2D eigenvalue weighted by atomic mass is 16.7. The van der Waals surface area contributed by atoms with Gasteiger partial charge in [0.2, 0.25) is 23.8 Å². The quantitative estimate of drug-likeness (QED) is 0.0184. The summed E-state index contributed by atoms with van der Waals surface area (Å²) < 4.78 is 76.1. The van der Waals surface area contributed by atoms with Crippen molar-refractivity contribution in [2.75, 3.05) is 119 Å². The summed E-state index contributed by atoms with van der Waals surface area (Å²) in [5.74, 6) is -1.98. The van der Waals surface area contributed by atoms with Crippen molar-refractivity contribution in [2.45, 2.75) is 242 Å². The van der Waals surface area contributed by atoms with Crippen LogP contribution in [0.25, 0.3) is 0 Å². The summed E-state index contributed by atoms with van der Waals surface area (Å²) in [5.41, 5.74) is 1.71. The van der Waals surface area contributed by atoms with E-state index in [1.807, 2.05) is 24.8 Å². The first-order chi connectivity index (χ1) is 53.7. The normalized spacial score (nSPS) is 30.0. The Morgan fingerprint density at radius 3 is 1.25 bits per heavy atom. The van der Waals surface area contributed by atoms with Crippen LogP contribution < -0.4 is 16.0 Å². The van der Waals surface area contributed by atoms with Crippen LogP contribution in [0.3, 0.4) is 0 Å². The van der Waals surface area contributed by atoms with Crippen molar-refractivity contribution in [2.24, 2.45) is 21.7 Å². The minimum atomic E-state index is -1.46. The lowest BCUT2D eigenvalue weighted by Crippen LogP contribution is -2.64. The molecule has 5 aliphatic rings. The van der Waals surface area contributed by atoms with Gasteiger partial charge in [0.05, 0.1) is 149 Å². The van der Waals surface area contributed by atoms with Crippen molar-refractivity contribution < 1.29 is 137 Å². The molecule has 22 atom stereocenters. The molecule has 0 bridgehead atoms. The van der Waals surface area contributed by atoms with Crippen molar-refractivity contribution in [3.05, 3.63) is 35.7 Å².